The first-order chi connectivity index (χ1) is 9.93. The second-order valence-corrected chi connectivity index (χ2v) is 6.96. The van der Waals surface area contributed by atoms with Gasteiger partial charge in [0.2, 0.25) is 0 Å². The third kappa shape index (κ3) is 3.98. The van der Waals surface area contributed by atoms with Crippen LogP contribution in [0.15, 0.2) is 24.3 Å². The van der Waals surface area contributed by atoms with E-state index in [1.165, 1.54) is 0 Å². The Balaban J connectivity index is 2.07. The van der Waals surface area contributed by atoms with Gasteiger partial charge in [0.15, 0.2) is 0 Å². The molecule has 1 aliphatic rings. The highest BCUT2D eigenvalue weighted by atomic mass is 35.5. The summed E-state index contributed by atoms with van der Waals surface area (Å²) in [6.45, 7) is 3.42. The molecule has 4 heteroatoms. The summed E-state index contributed by atoms with van der Waals surface area (Å²) >= 11 is 6.19. The summed E-state index contributed by atoms with van der Waals surface area (Å²) in [7, 11) is 1.98. The molecule has 3 nitrogen and oxygen atoms in total. The fourth-order valence-electron chi connectivity index (χ4n) is 3.56. The Morgan fingerprint density at radius 1 is 1.48 bits per heavy atom. The van der Waals surface area contributed by atoms with Crippen LogP contribution in [0.1, 0.15) is 38.2 Å². The molecule has 0 saturated heterocycles. The van der Waals surface area contributed by atoms with E-state index in [0.29, 0.717) is 19.0 Å². The van der Waals surface area contributed by atoms with Crippen LogP contribution in [0.3, 0.4) is 0 Å². The van der Waals surface area contributed by atoms with E-state index in [-0.39, 0.29) is 0 Å². The maximum atomic E-state index is 11.8. The lowest BCUT2D eigenvalue weighted by atomic mass is 9.69. The molecule has 0 radical (unpaired) electrons. The molecular weight excluding hydrogens is 286 g/mol. The van der Waals surface area contributed by atoms with E-state index in [4.69, 9.17) is 11.6 Å². The maximum absolute atomic E-state index is 11.8. The van der Waals surface area contributed by atoms with Gasteiger partial charge in [0.25, 0.3) is 0 Å². The second kappa shape index (κ2) is 6.80. The van der Waals surface area contributed by atoms with Gasteiger partial charge in [-0.25, -0.2) is 0 Å². The third-order valence-electron chi connectivity index (χ3n) is 4.52. The Kier molecular flexibility index (Phi) is 5.28. The van der Waals surface area contributed by atoms with Crippen molar-refractivity contribution in [1.29, 1.82) is 0 Å². The second-order valence-electron chi connectivity index (χ2n) is 6.55. The normalized spacial score (nSPS) is 26.0. The van der Waals surface area contributed by atoms with E-state index in [9.17, 15) is 9.90 Å². The monoisotopic (exact) mass is 309 g/mol. The molecule has 0 heterocycles. The Labute approximate surface area is 131 Å². The van der Waals surface area contributed by atoms with Gasteiger partial charge in [-0.15, -0.1) is 0 Å². The molecule has 116 valence electrons. The van der Waals surface area contributed by atoms with Crippen molar-refractivity contribution in [2.24, 2.45) is 11.3 Å². The summed E-state index contributed by atoms with van der Waals surface area (Å²) in [6.07, 6.45) is 3.70. The zero-order valence-corrected chi connectivity index (χ0v) is 13.6. The van der Waals surface area contributed by atoms with Crippen LogP contribution in [0, 0.1) is 11.3 Å². The number of nitrogens with zero attached hydrogens (tertiary/aromatic N) is 1. The van der Waals surface area contributed by atoms with Crippen molar-refractivity contribution in [2.75, 3.05) is 13.6 Å². The Morgan fingerprint density at radius 2 is 2.19 bits per heavy atom. The Bertz CT molecular complexity index is 505. The van der Waals surface area contributed by atoms with E-state index in [2.05, 4.69) is 11.8 Å². The topological polar surface area (TPSA) is 40.5 Å². The Hall–Kier alpha value is -1.06. The lowest BCUT2D eigenvalue weighted by Gasteiger charge is -2.39. The van der Waals surface area contributed by atoms with Crippen molar-refractivity contribution in [3.63, 3.8) is 0 Å². The molecule has 1 aromatic rings. The fourth-order valence-corrected chi connectivity index (χ4v) is 3.75. The molecule has 1 aliphatic carbocycles. The summed E-state index contributed by atoms with van der Waals surface area (Å²) in [4.78, 5) is 13.9. The highest BCUT2D eigenvalue weighted by molar-refractivity contribution is 6.31. The number of aliphatic carboxylic acids is 1. The highest BCUT2D eigenvalue weighted by Gasteiger charge is 2.42. The molecule has 0 bridgehead atoms. The summed E-state index contributed by atoms with van der Waals surface area (Å²) in [5, 5.41) is 10.5. The zero-order chi connectivity index (χ0) is 15.5. The minimum Gasteiger partial charge on any atom is -0.481 e. The van der Waals surface area contributed by atoms with Gasteiger partial charge in [-0.3, -0.25) is 4.79 Å². The molecule has 1 saturated carbocycles. The maximum Gasteiger partial charge on any atom is 0.310 e. The lowest BCUT2D eigenvalue weighted by molar-refractivity contribution is -0.153. The van der Waals surface area contributed by atoms with E-state index < -0.39 is 11.4 Å². The summed E-state index contributed by atoms with van der Waals surface area (Å²) in [5.41, 5.74) is 0.444. The van der Waals surface area contributed by atoms with Gasteiger partial charge in [-0.05, 0) is 37.4 Å². The average Bonchev–Trinajstić information content (AvgIpc) is 2.41. The van der Waals surface area contributed by atoms with Gasteiger partial charge < -0.3 is 10.0 Å². The molecule has 2 unspecified atom stereocenters. The van der Waals surface area contributed by atoms with Crippen LogP contribution in [0.4, 0.5) is 0 Å². The van der Waals surface area contributed by atoms with E-state index >= 15 is 0 Å². The fraction of sp³-hybridized carbons (Fsp3) is 0.588. The smallest absolute Gasteiger partial charge is 0.310 e. The van der Waals surface area contributed by atoms with Gasteiger partial charge in [-0.1, -0.05) is 49.6 Å². The van der Waals surface area contributed by atoms with Crippen LogP contribution in [-0.4, -0.2) is 29.6 Å². The van der Waals surface area contributed by atoms with Gasteiger partial charge in [0, 0.05) is 18.1 Å². The van der Waals surface area contributed by atoms with Crippen LogP contribution in [0.25, 0.3) is 0 Å². The molecule has 2 rings (SSSR count). The summed E-state index contributed by atoms with van der Waals surface area (Å²) < 4.78 is 0. The van der Waals surface area contributed by atoms with Gasteiger partial charge in [0.05, 0.1) is 5.41 Å². The standard InChI is InChI=1S/C17H24ClNO2/c1-13-6-5-9-17(10-13,16(20)21)12-19(2)11-14-7-3-4-8-15(14)18/h3-4,7-8,13H,5-6,9-12H2,1-2H3,(H,20,21). The first-order valence-corrected chi connectivity index (χ1v) is 7.96. The summed E-state index contributed by atoms with van der Waals surface area (Å²) in [5.74, 6) is -0.163. The molecule has 0 amide bonds. The molecular formula is C17H24ClNO2. The SMILES string of the molecule is CC1CCCC(CN(C)Cc2ccccc2Cl)(C(=O)O)C1. The zero-order valence-electron chi connectivity index (χ0n) is 12.8. The van der Waals surface area contributed by atoms with Crippen molar-refractivity contribution in [1.82, 2.24) is 4.90 Å². The number of carboxylic acid groups (broad SMARTS) is 1. The van der Waals surface area contributed by atoms with E-state index in [1.54, 1.807) is 0 Å². The van der Waals surface area contributed by atoms with Crippen molar-refractivity contribution >= 4 is 17.6 Å². The van der Waals surface area contributed by atoms with Crippen LogP contribution in [0.5, 0.6) is 0 Å². The van der Waals surface area contributed by atoms with Crippen LogP contribution in [-0.2, 0) is 11.3 Å². The van der Waals surface area contributed by atoms with Crippen LogP contribution in [0.2, 0.25) is 5.02 Å². The number of carboxylic acids is 1. The van der Waals surface area contributed by atoms with E-state index in [1.807, 2.05) is 31.3 Å². The molecule has 1 fully saturated rings. The van der Waals surface area contributed by atoms with Crippen LogP contribution < -0.4 is 0 Å². The predicted molar refractivity (Wildman–Crippen MR) is 85.5 cm³/mol. The molecule has 21 heavy (non-hydrogen) atoms. The van der Waals surface area contributed by atoms with Crippen molar-refractivity contribution in [2.45, 2.75) is 39.2 Å². The molecule has 0 spiro atoms. The molecule has 1 aromatic carbocycles. The summed E-state index contributed by atoms with van der Waals surface area (Å²) in [6, 6.07) is 7.74. The first kappa shape index (κ1) is 16.3. The number of halogens is 1. The van der Waals surface area contributed by atoms with Gasteiger partial charge in [-0.2, -0.15) is 0 Å². The minimum absolute atomic E-state index is 0.489. The molecule has 0 aromatic heterocycles. The van der Waals surface area contributed by atoms with Crippen molar-refractivity contribution < 1.29 is 9.90 Å². The van der Waals surface area contributed by atoms with Gasteiger partial charge in [0.1, 0.15) is 0 Å². The molecule has 1 N–H and O–H groups in total. The number of carbonyl (C=O) groups is 1. The highest BCUT2D eigenvalue weighted by Crippen LogP contribution is 2.40. The first-order valence-electron chi connectivity index (χ1n) is 7.58. The average molecular weight is 310 g/mol. The Morgan fingerprint density at radius 3 is 2.81 bits per heavy atom. The number of benzene rings is 1. The van der Waals surface area contributed by atoms with Gasteiger partial charge >= 0.3 is 5.97 Å². The largest absolute Gasteiger partial charge is 0.481 e. The number of hydrogen-bond acceptors (Lipinski definition) is 2. The minimum atomic E-state index is -0.653. The van der Waals surface area contributed by atoms with E-state index in [0.717, 1.165) is 36.3 Å². The van der Waals surface area contributed by atoms with Crippen LogP contribution >= 0.6 is 11.6 Å². The molecule has 2 atom stereocenters. The lowest BCUT2D eigenvalue weighted by Crippen LogP contribution is -2.44. The predicted octanol–water partition coefficient (Wildman–Crippen LogP) is 4.05. The quantitative estimate of drug-likeness (QED) is 0.892. The molecule has 0 aliphatic heterocycles. The van der Waals surface area contributed by atoms with Crippen molar-refractivity contribution in [3.8, 4) is 0 Å². The number of hydrogen-bond donors (Lipinski definition) is 1. The number of rotatable bonds is 5. The van der Waals surface area contributed by atoms with Crippen molar-refractivity contribution in [3.05, 3.63) is 34.9 Å². The third-order valence-corrected chi connectivity index (χ3v) is 4.88.